The van der Waals surface area contributed by atoms with E-state index in [0.29, 0.717) is 0 Å². The lowest BCUT2D eigenvalue weighted by Crippen LogP contribution is -2.09. The minimum Gasteiger partial charge on any atom is -0.478 e. The highest BCUT2D eigenvalue weighted by atomic mass is 32.2. The summed E-state index contributed by atoms with van der Waals surface area (Å²) < 4.78 is 36.3. The zero-order chi connectivity index (χ0) is 12.3. The third kappa shape index (κ3) is 2.46. The third-order valence-electron chi connectivity index (χ3n) is 1.85. The van der Waals surface area contributed by atoms with Crippen LogP contribution >= 0.6 is 0 Å². The van der Waals surface area contributed by atoms with Crippen molar-refractivity contribution >= 4 is 15.8 Å². The quantitative estimate of drug-likeness (QED) is 0.814. The van der Waals surface area contributed by atoms with Gasteiger partial charge in [-0.3, -0.25) is 0 Å². The van der Waals surface area contributed by atoms with Gasteiger partial charge in [-0.25, -0.2) is 17.6 Å². The van der Waals surface area contributed by atoms with Crippen molar-refractivity contribution < 1.29 is 22.7 Å². The molecule has 0 saturated heterocycles. The van der Waals surface area contributed by atoms with Crippen molar-refractivity contribution in [3.63, 3.8) is 0 Å². The lowest BCUT2D eigenvalue weighted by atomic mass is 10.2. The highest BCUT2D eigenvalue weighted by Crippen LogP contribution is 2.18. The molecule has 0 saturated carbocycles. The fourth-order valence-corrected chi connectivity index (χ4v) is 2.28. The molecule has 0 radical (unpaired) electrons. The summed E-state index contributed by atoms with van der Waals surface area (Å²) in [5, 5.41) is 8.66. The number of benzene rings is 1. The van der Waals surface area contributed by atoms with Crippen LogP contribution in [0.25, 0.3) is 0 Å². The van der Waals surface area contributed by atoms with Crippen molar-refractivity contribution in [3.8, 4) is 0 Å². The van der Waals surface area contributed by atoms with Gasteiger partial charge in [0.25, 0.3) is 0 Å². The molecule has 0 heterocycles. The molecule has 0 spiro atoms. The van der Waals surface area contributed by atoms with Gasteiger partial charge in [0, 0.05) is 0 Å². The first-order valence-corrected chi connectivity index (χ1v) is 5.90. The second-order valence-corrected chi connectivity index (χ2v) is 5.02. The minimum absolute atomic E-state index is 0.274. The van der Waals surface area contributed by atoms with E-state index in [0.717, 1.165) is 24.3 Å². The van der Waals surface area contributed by atoms with E-state index in [1.54, 1.807) is 0 Å². The second kappa shape index (κ2) is 4.44. The van der Waals surface area contributed by atoms with Gasteiger partial charge in [-0.1, -0.05) is 6.08 Å². The van der Waals surface area contributed by atoms with Crippen LogP contribution in [0.4, 0.5) is 4.39 Å². The van der Waals surface area contributed by atoms with Crippen molar-refractivity contribution in [3.05, 3.63) is 42.2 Å². The Balaban J connectivity index is 3.38. The van der Waals surface area contributed by atoms with Crippen LogP contribution in [0.15, 0.2) is 35.7 Å². The summed E-state index contributed by atoms with van der Waals surface area (Å²) in [6.45, 7) is 3.24. The number of aromatic carboxylic acids is 1. The number of carbonyl (C=O) groups is 1. The Hall–Kier alpha value is -1.69. The molecule has 0 atom stereocenters. The Labute approximate surface area is 91.9 Å². The molecule has 0 bridgehead atoms. The van der Waals surface area contributed by atoms with Crippen molar-refractivity contribution in [2.45, 2.75) is 4.90 Å². The number of carboxylic acids is 1. The van der Waals surface area contributed by atoms with Crippen molar-refractivity contribution in [1.82, 2.24) is 0 Å². The Bertz CT molecular complexity index is 534. The highest BCUT2D eigenvalue weighted by Gasteiger charge is 2.19. The molecule has 16 heavy (non-hydrogen) atoms. The normalized spacial score (nSPS) is 11.1. The topological polar surface area (TPSA) is 71.4 Å². The first kappa shape index (κ1) is 12.4. The monoisotopic (exact) mass is 244 g/mol. The van der Waals surface area contributed by atoms with Crippen LogP contribution in [0, 0.1) is 5.82 Å². The number of rotatable bonds is 4. The van der Waals surface area contributed by atoms with Gasteiger partial charge in [0.15, 0.2) is 9.84 Å². The average molecular weight is 244 g/mol. The van der Waals surface area contributed by atoms with Gasteiger partial charge in [0.1, 0.15) is 10.7 Å². The van der Waals surface area contributed by atoms with E-state index in [-0.39, 0.29) is 5.56 Å². The summed E-state index contributed by atoms with van der Waals surface area (Å²) in [7, 11) is -3.85. The molecule has 0 fully saturated rings. The van der Waals surface area contributed by atoms with Crippen molar-refractivity contribution in [2.24, 2.45) is 0 Å². The summed E-state index contributed by atoms with van der Waals surface area (Å²) in [5.74, 6) is -2.71. The lowest BCUT2D eigenvalue weighted by Gasteiger charge is -2.04. The smallest absolute Gasteiger partial charge is 0.335 e. The van der Waals surface area contributed by atoms with Crippen LogP contribution in [0.5, 0.6) is 0 Å². The lowest BCUT2D eigenvalue weighted by molar-refractivity contribution is 0.0696. The molecule has 1 aromatic carbocycles. The molecular formula is C10H9FO4S. The highest BCUT2D eigenvalue weighted by molar-refractivity contribution is 7.91. The zero-order valence-electron chi connectivity index (χ0n) is 8.18. The van der Waals surface area contributed by atoms with E-state index in [1.165, 1.54) is 0 Å². The molecule has 1 N–H and O–H groups in total. The fourth-order valence-electron chi connectivity index (χ4n) is 1.12. The van der Waals surface area contributed by atoms with Crippen LogP contribution in [0.3, 0.4) is 0 Å². The number of carboxylic acid groups (broad SMARTS) is 1. The zero-order valence-corrected chi connectivity index (χ0v) is 9.00. The van der Waals surface area contributed by atoms with Crippen molar-refractivity contribution in [1.29, 1.82) is 0 Å². The molecule has 0 aliphatic rings. The molecule has 0 unspecified atom stereocenters. The standard InChI is InChI=1S/C10H9FO4S/c1-2-5-16(14,15)9-6-7(10(12)13)3-4-8(9)11/h2-4,6H,1,5H2,(H,12,13). The number of hydrogen-bond donors (Lipinski definition) is 1. The van der Waals surface area contributed by atoms with Crippen LogP contribution in [0.2, 0.25) is 0 Å². The predicted octanol–water partition coefficient (Wildman–Crippen LogP) is 1.48. The van der Waals surface area contributed by atoms with Gasteiger partial charge in [-0.15, -0.1) is 6.58 Å². The van der Waals surface area contributed by atoms with Gasteiger partial charge < -0.3 is 5.11 Å². The summed E-state index contributed by atoms with van der Waals surface area (Å²) in [6.07, 6.45) is 1.11. The van der Waals surface area contributed by atoms with E-state index in [2.05, 4.69) is 6.58 Å². The molecule has 6 heteroatoms. The van der Waals surface area contributed by atoms with Crippen LogP contribution < -0.4 is 0 Å². The van der Waals surface area contributed by atoms with E-state index in [1.807, 2.05) is 0 Å². The first-order valence-electron chi connectivity index (χ1n) is 4.25. The average Bonchev–Trinajstić information content (AvgIpc) is 2.17. The van der Waals surface area contributed by atoms with Crippen LogP contribution in [0.1, 0.15) is 10.4 Å². The van der Waals surface area contributed by atoms with Gasteiger partial charge in [-0.2, -0.15) is 0 Å². The maximum atomic E-state index is 13.2. The largest absolute Gasteiger partial charge is 0.478 e. The summed E-state index contributed by atoms with van der Waals surface area (Å²) in [5.41, 5.74) is -0.274. The van der Waals surface area contributed by atoms with Crippen molar-refractivity contribution in [2.75, 3.05) is 5.75 Å². The summed E-state index contributed by atoms with van der Waals surface area (Å²) in [4.78, 5) is 9.99. The van der Waals surface area contributed by atoms with Gasteiger partial charge >= 0.3 is 5.97 Å². The van der Waals surface area contributed by atoms with Crippen LogP contribution in [-0.4, -0.2) is 25.2 Å². The molecule has 0 aliphatic heterocycles. The third-order valence-corrected chi connectivity index (χ3v) is 3.51. The van der Waals surface area contributed by atoms with E-state index in [4.69, 9.17) is 5.11 Å². The van der Waals surface area contributed by atoms with E-state index in [9.17, 15) is 17.6 Å². The Morgan fingerprint density at radius 2 is 2.12 bits per heavy atom. The summed E-state index contributed by atoms with van der Waals surface area (Å²) >= 11 is 0. The number of hydrogen-bond acceptors (Lipinski definition) is 3. The summed E-state index contributed by atoms with van der Waals surface area (Å²) in [6, 6.07) is 2.63. The maximum absolute atomic E-state index is 13.2. The molecule has 4 nitrogen and oxygen atoms in total. The van der Waals surface area contributed by atoms with Gasteiger partial charge in [0.2, 0.25) is 0 Å². The maximum Gasteiger partial charge on any atom is 0.335 e. The SMILES string of the molecule is C=CCS(=O)(=O)c1cc(C(=O)O)ccc1F. The van der Waals surface area contributed by atoms with Gasteiger partial charge in [-0.05, 0) is 18.2 Å². The molecule has 1 rings (SSSR count). The van der Waals surface area contributed by atoms with E-state index < -0.39 is 32.3 Å². The molecule has 0 amide bonds. The van der Waals surface area contributed by atoms with Crippen LogP contribution in [-0.2, 0) is 9.84 Å². The Morgan fingerprint density at radius 3 is 2.62 bits per heavy atom. The predicted molar refractivity (Wildman–Crippen MR) is 55.6 cm³/mol. The number of halogens is 1. The Kier molecular flexibility index (Phi) is 3.44. The molecule has 86 valence electrons. The van der Waals surface area contributed by atoms with Gasteiger partial charge in [0.05, 0.1) is 11.3 Å². The van der Waals surface area contributed by atoms with E-state index >= 15 is 0 Å². The number of sulfone groups is 1. The fraction of sp³-hybridized carbons (Fsp3) is 0.100. The first-order chi connectivity index (χ1) is 7.38. The molecule has 0 aromatic heterocycles. The minimum atomic E-state index is -3.85. The molecule has 1 aromatic rings. The second-order valence-electron chi connectivity index (χ2n) is 3.02. The molecular weight excluding hydrogens is 235 g/mol. The molecule has 0 aliphatic carbocycles. The Morgan fingerprint density at radius 1 is 1.50 bits per heavy atom.